The first-order chi connectivity index (χ1) is 16.0. The Hall–Kier alpha value is -4.12. The van der Waals surface area contributed by atoms with E-state index in [1.54, 1.807) is 48.6 Å². The number of benzene rings is 1. The standard InChI is InChI=1S/C25H20FN5O2/c1-31(14-16-11-29-23(10-27)21-13-28-12-20(16)21)25(32)22-8-7-19(15-3-2-4-17(26)9-15)24(30-22)33-18-5-6-18/h2-4,7-9,11,13,18H,5-6,12,14H2,1H3. The van der Waals surface area contributed by atoms with E-state index in [1.165, 1.54) is 12.1 Å². The SMILES string of the molecule is CN(Cc1cnc(C#N)c2c1CN=C2)C(=O)c1ccc(-c2cccc(F)c2)c(OC2CC2)n1. The highest BCUT2D eigenvalue weighted by atomic mass is 19.1. The molecule has 2 aliphatic rings. The van der Waals surface area contributed by atoms with Gasteiger partial charge in [-0.05, 0) is 53.8 Å². The fourth-order valence-corrected chi connectivity index (χ4v) is 3.78. The van der Waals surface area contributed by atoms with E-state index in [1.807, 2.05) is 0 Å². The first kappa shape index (κ1) is 20.8. The average Bonchev–Trinajstić information content (AvgIpc) is 3.49. The van der Waals surface area contributed by atoms with Crippen LogP contribution in [-0.2, 0) is 13.1 Å². The number of fused-ring (bicyclic) bond motifs is 1. The summed E-state index contributed by atoms with van der Waals surface area (Å²) in [4.78, 5) is 27.7. The number of amides is 1. The molecular weight excluding hydrogens is 421 g/mol. The molecule has 0 spiro atoms. The van der Waals surface area contributed by atoms with E-state index in [0.717, 1.165) is 24.0 Å². The third kappa shape index (κ3) is 4.17. The summed E-state index contributed by atoms with van der Waals surface area (Å²) < 4.78 is 19.7. The highest BCUT2D eigenvalue weighted by molar-refractivity contribution is 5.93. The van der Waals surface area contributed by atoms with Crippen LogP contribution in [0.4, 0.5) is 4.39 Å². The van der Waals surface area contributed by atoms with E-state index >= 15 is 0 Å². The minimum absolute atomic E-state index is 0.0696. The van der Waals surface area contributed by atoms with Crippen molar-refractivity contribution in [3.8, 4) is 23.1 Å². The summed E-state index contributed by atoms with van der Waals surface area (Å²) in [5.74, 6) is -0.299. The Kier molecular flexibility index (Phi) is 5.31. The minimum Gasteiger partial charge on any atom is -0.474 e. The second-order valence-corrected chi connectivity index (χ2v) is 8.14. The Labute approximate surface area is 190 Å². The molecule has 8 heteroatoms. The van der Waals surface area contributed by atoms with Crippen molar-refractivity contribution in [2.75, 3.05) is 7.05 Å². The topological polar surface area (TPSA) is 91.5 Å². The second-order valence-electron chi connectivity index (χ2n) is 8.14. The number of rotatable bonds is 6. The maximum Gasteiger partial charge on any atom is 0.272 e. The number of carbonyl (C=O) groups is 1. The molecule has 1 fully saturated rings. The van der Waals surface area contributed by atoms with Gasteiger partial charge in [-0.25, -0.2) is 14.4 Å². The van der Waals surface area contributed by atoms with Crippen molar-refractivity contribution in [3.05, 3.63) is 76.5 Å². The van der Waals surface area contributed by atoms with Crippen molar-refractivity contribution < 1.29 is 13.9 Å². The Morgan fingerprint density at radius 2 is 2.15 bits per heavy atom. The predicted octanol–water partition coefficient (Wildman–Crippen LogP) is 3.90. The molecule has 0 saturated heterocycles. The van der Waals surface area contributed by atoms with E-state index in [-0.39, 0.29) is 23.5 Å². The molecule has 1 aliphatic heterocycles. The van der Waals surface area contributed by atoms with Crippen molar-refractivity contribution in [1.82, 2.24) is 14.9 Å². The number of hydrogen-bond donors (Lipinski definition) is 0. The second kappa shape index (κ2) is 8.43. The van der Waals surface area contributed by atoms with E-state index < -0.39 is 0 Å². The summed E-state index contributed by atoms with van der Waals surface area (Å²) in [6.07, 6.45) is 5.21. The molecule has 1 aromatic carbocycles. The fourth-order valence-electron chi connectivity index (χ4n) is 3.78. The summed E-state index contributed by atoms with van der Waals surface area (Å²) >= 11 is 0. The van der Waals surface area contributed by atoms with Crippen LogP contribution < -0.4 is 4.74 Å². The van der Waals surface area contributed by atoms with Crippen LogP contribution in [0.15, 0.2) is 47.6 Å². The number of aromatic nitrogens is 2. The van der Waals surface area contributed by atoms with Crippen molar-refractivity contribution in [2.24, 2.45) is 4.99 Å². The first-order valence-electron chi connectivity index (χ1n) is 10.6. The lowest BCUT2D eigenvalue weighted by Gasteiger charge is -2.19. The molecule has 33 heavy (non-hydrogen) atoms. The lowest BCUT2D eigenvalue weighted by molar-refractivity contribution is 0.0777. The van der Waals surface area contributed by atoms with E-state index in [4.69, 9.17) is 4.74 Å². The number of pyridine rings is 2. The van der Waals surface area contributed by atoms with Crippen LogP contribution in [0, 0.1) is 17.1 Å². The molecular formula is C25H20FN5O2. The van der Waals surface area contributed by atoms with E-state index in [0.29, 0.717) is 41.4 Å². The van der Waals surface area contributed by atoms with Crippen molar-refractivity contribution in [1.29, 1.82) is 5.26 Å². The monoisotopic (exact) mass is 441 g/mol. The molecule has 1 aliphatic carbocycles. The molecule has 0 atom stereocenters. The van der Waals surface area contributed by atoms with Gasteiger partial charge >= 0.3 is 0 Å². The first-order valence-corrected chi connectivity index (χ1v) is 10.6. The van der Waals surface area contributed by atoms with Crippen LogP contribution in [0.25, 0.3) is 11.1 Å². The Balaban J connectivity index is 1.42. The Morgan fingerprint density at radius 3 is 2.91 bits per heavy atom. The fraction of sp³-hybridized carbons (Fsp3) is 0.240. The molecule has 0 N–H and O–H groups in total. The van der Waals surface area contributed by atoms with Crippen LogP contribution in [0.1, 0.15) is 45.7 Å². The van der Waals surface area contributed by atoms with Crippen LogP contribution in [0.2, 0.25) is 0 Å². The van der Waals surface area contributed by atoms with E-state index in [9.17, 15) is 14.4 Å². The zero-order valence-corrected chi connectivity index (χ0v) is 18.0. The summed E-state index contributed by atoms with van der Waals surface area (Å²) in [6.45, 7) is 0.763. The van der Waals surface area contributed by atoms with Crippen molar-refractivity contribution >= 4 is 12.1 Å². The van der Waals surface area contributed by atoms with Gasteiger partial charge in [0.05, 0.1) is 6.54 Å². The van der Waals surface area contributed by atoms with Crippen LogP contribution in [0.3, 0.4) is 0 Å². The Morgan fingerprint density at radius 1 is 1.30 bits per heavy atom. The maximum absolute atomic E-state index is 13.8. The molecule has 2 aromatic heterocycles. The van der Waals surface area contributed by atoms with E-state index in [2.05, 4.69) is 21.0 Å². The van der Waals surface area contributed by atoms with Crippen LogP contribution in [0.5, 0.6) is 5.88 Å². The normalized spacial score (nSPS) is 14.0. The van der Waals surface area contributed by atoms with Crippen LogP contribution >= 0.6 is 0 Å². The van der Waals surface area contributed by atoms with Crippen molar-refractivity contribution in [2.45, 2.75) is 32.0 Å². The highest BCUT2D eigenvalue weighted by Gasteiger charge is 2.27. The summed E-state index contributed by atoms with van der Waals surface area (Å²) in [5.41, 5.74) is 4.32. The van der Waals surface area contributed by atoms with Gasteiger partial charge in [0.15, 0.2) is 0 Å². The molecule has 3 heterocycles. The highest BCUT2D eigenvalue weighted by Crippen LogP contribution is 2.34. The Bertz CT molecular complexity index is 1330. The smallest absolute Gasteiger partial charge is 0.272 e. The van der Waals surface area contributed by atoms with Gasteiger partial charge in [0.2, 0.25) is 5.88 Å². The molecule has 1 saturated carbocycles. The third-order valence-corrected chi connectivity index (χ3v) is 5.66. The molecule has 3 aromatic rings. The summed E-state index contributed by atoms with van der Waals surface area (Å²) in [6, 6.07) is 11.7. The summed E-state index contributed by atoms with van der Waals surface area (Å²) in [5, 5.41) is 9.24. The van der Waals surface area contributed by atoms with Gasteiger partial charge in [-0.15, -0.1) is 0 Å². The van der Waals surface area contributed by atoms with Gasteiger partial charge in [0.1, 0.15) is 29.4 Å². The van der Waals surface area contributed by atoms with Gasteiger partial charge in [-0.1, -0.05) is 12.1 Å². The zero-order valence-electron chi connectivity index (χ0n) is 18.0. The number of hydrogen-bond acceptors (Lipinski definition) is 6. The molecule has 1 amide bonds. The summed E-state index contributed by atoms with van der Waals surface area (Å²) in [7, 11) is 1.69. The van der Waals surface area contributed by atoms with Gasteiger partial charge < -0.3 is 9.64 Å². The molecule has 0 bridgehead atoms. The quantitative estimate of drug-likeness (QED) is 0.579. The lowest BCUT2D eigenvalue weighted by Crippen LogP contribution is -2.28. The molecule has 5 rings (SSSR count). The average molecular weight is 441 g/mol. The number of ether oxygens (including phenoxy) is 1. The molecule has 0 unspecified atom stereocenters. The number of halogens is 1. The van der Waals surface area contributed by atoms with Crippen LogP contribution in [-0.4, -0.2) is 40.1 Å². The number of nitriles is 1. The van der Waals surface area contributed by atoms with Gasteiger partial charge in [-0.2, -0.15) is 5.26 Å². The number of nitrogens with zero attached hydrogens (tertiary/aromatic N) is 5. The zero-order chi connectivity index (χ0) is 22.9. The maximum atomic E-state index is 13.8. The third-order valence-electron chi connectivity index (χ3n) is 5.66. The van der Waals surface area contributed by atoms with Gasteiger partial charge in [-0.3, -0.25) is 9.79 Å². The van der Waals surface area contributed by atoms with Gasteiger partial charge in [0, 0.05) is 37.1 Å². The number of carbonyl (C=O) groups excluding carboxylic acids is 1. The van der Waals surface area contributed by atoms with Crippen molar-refractivity contribution in [3.63, 3.8) is 0 Å². The van der Waals surface area contributed by atoms with Gasteiger partial charge in [0.25, 0.3) is 5.91 Å². The predicted molar refractivity (Wildman–Crippen MR) is 119 cm³/mol. The molecule has 7 nitrogen and oxygen atoms in total. The largest absolute Gasteiger partial charge is 0.474 e. The molecule has 164 valence electrons. The molecule has 0 radical (unpaired) electrons. The minimum atomic E-state index is -0.350. The number of aliphatic imine (C=N–C) groups is 1. The lowest BCUT2D eigenvalue weighted by atomic mass is 10.0.